The van der Waals surface area contributed by atoms with Gasteiger partial charge in [0, 0.05) is 38.9 Å². The van der Waals surface area contributed by atoms with Crippen LogP contribution in [0.4, 0.5) is 8.78 Å². The number of hydrogen-bond acceptors (Lipinski definition) is 4. The molecular formula is C19H21F2N3O4S. The normalized spacial score (nSPS) is 15.5. The van der Waals surface area contributed by atoms with Gasteiger partial charge in [-0.25, -0.2) is 21.9 Å². The number of hydrogen-bond donors (Lipinski definition) is 1. The van der Waals surface area contributed by atoms with Gasteiger partial charge < -0.3 is 9.47 Å². The summed E-state index contributed by atoms with van der Waals surface area (Å²) < 4.78 is 54.8. The lowest BCUT2D eigenvalue weighted by molar-refractivity contribution is 0.0689. The number of aromatic nitrogens is 1. The zero-order valence-electron chi connectivity index (χ0n) is 15.8. The summed E-state index contributed by atoms with van der Waals surface area (Å²) in [5.41, 5.74) is -0.267. The number of carbonyl (C=O) groups is 1. The summed E-state index contributed by atoms with van der Waals surface area (Å²) in [6, 6.07) is 5.24. The van der Waals surface area contributed by atoms with Crippen molar-refractivity contribution in [2.75, 3.05) is 19.6 Å². The maximum Gasteiger partial charge on any atom is 0.263 e. The standard InChI is InChI=1S/C19H21F2N3O4S/c1-23-6-2-3-17(18(23)25)19(26)24-7-4-13(5-8-24)12-22-29(27,28)16-10-14(20)9-15(21)11-16/h2-3,6,9-11,13,22H,4-5,7-8,12H2,1H3. The Morgan fingerprint density at radius 2 is 1.79 bits per heavy atom. The minimum absolute atomic E-state index is 0.0363. The van der Waals surface area contributed by atoms with E-state index in [1.165, 1.54) is 10.6 Å². The molecule has 0 aliphatic carbocycles. The van der Waals surface area contributed by atoms with Crippen LogP contribution in [0.15, 0.2) is 46.2 Å². The number of likely N-dealkylation sites (tertiary alicyclic amines) is 1. The third-order valence-corrected chi connectivity index (χ3v) is 6.37. The molecule has 1 N–H and O–H groups in total. The van der Waals surface area contributed by atoms with Crippen molar-refractivity contribution < 1.29 is 22.0 Å². The zero-order valence-corrected chi connectivity index (χ0v) is 16.6. The number of benzene rings is 1. The van der Waals surface area contributed by atoms with Gasteiger partial charge in [0.2, 0.25) is 10.0 Å². The van der Waals surface area contributed by atoms with Gasteiger partial charge in [-0.2, -0.15) is 0 Å². The number of nitrogens with one attached hydrogen (secondary N) is 1. The van der Waals surface area contributed by atoms with Crippen LogP contribution in [-0.4, -0.2) is 43.4 Å². The molecule has 0 spiro atoms. The molecule has 156 valence electrons. The van der Waals surface area contributed by atoms with Gasteiger partial charge in [-0.05, 0) is 43.0 Å². The SMILES string of the molecule is Cn1cccc(C(=O)N2CCC(CNS(=O)(=O)c3cc(F)cc(F)c3)CC2)c1=O. The molecule has 1 aromatic heterocycles. The largest absolute Gasteiger partial charge is 0.338 e. The van der Waals surface area contributed by atoms with E-state index in [0.717, 1.165) is 12.1 Å². The van der Waals surface area contributed by atoms with Crippen LogP contribution in [0.3, 0.4) is 0 Å². The highest BCUT2D eigenvalue weighted by Gasteiger charge is 2.26. The van der Waals surface area contributed by atoms with Gasteiger partial charge in [-0.1, -0.05) is 0 Å². The molecule has 29 heavy (non-hydrogen) atoms. The smallest absolute Gasteiger partial charge is 0.263 e. The molecule has 1 amide bonds. The Bertz CT molecular complexity index is 1060. The number of nitrogens with zero attached hydrogens (tertiary/aromatic N) is 2. The average Bonchev–Trinajstić information content (AvgIpc) is 2.68. The molecular weight excluding hydrogens is 404 g/mol. The van der Waals surface area contributed by atoms with Crippen molar-refractivity contribution in [1.82, 2.24) is 14.2 Å². The topological polar surface area (TPSA) is 88.5 Å². The molecule has 0 bridgehead atoms. The molecule has 2 aromatic rings. The zero-order chi connectivity index (χ0) is 21.2. The van der Waals surface area contributed by atoms with Gasteiger partial charge in [0.25, 0.3) is 11.5 Å². The second-order valence-corrected chi connectivity index (χ2v) is 8.80. The highest BCUT2D eigenvalue weighted by molar-refractivity contribution is 7.89. The fourth-order valence-electron chi connectivity index (χ4n) is 3.27. The highest BCUT2D eigenvalue weighted by atomic mass is 32.2. The number of amides is 1. The van der Waals surface area contributed by atoms with E-state index in [4.69, 9.17) is 0 Å². The molecule has 1 fully saturated rings. The summed E-state index contributed by atoms with van der Waals surface area (Å²) >= 11 is 0. The summed E-state index contributed by atoms with van der Waals surface area (Å²) in [4.78, 5) is 25.8. The molecule has 0 radical (unpaired) electrons. The maximum absolute atomic E-state index is 13.3. The Kier molecular flexibility index (Phi) is 6.13. The average molecular weight is 425 g/mol. The lowest BCUT2D eigenvalue weighted by Crippen LogP contribution is -2.43. The minimum atomic E-state index is -4.04. The van der Waals surface area contributed by atoms with Gasteiger partial charge in [0.05, 0.1) is 4.90 Å². The van der Waals surface area contributed by atoms with Gasteiger partial charge in [0.1, 0.15) is 17.2 Å². The summed E-state index contributed by atoms with van der Waals surface area (Å²) in [6.07, 6.45) is 2.65. The molecule has 2 heterocycles. The third kappa shape index (κ3) is 4.88. The number of aryl methyl sites for hydroxylation is 1. The molecule has 0 saturated carbocycles. The molecule has 3 rings (SSSR count). The molecule has 0 atom stereocenters. The van der Waals surface area contributed by atoms with Crippen molar-refractivity contribution in [3.8, 4) is 0 Å². The maximum atomic E-state index is 13.3. The second-order valence-electron chi connectivity index (χ2n) is 7.03. The number of carbonyl (C=O) groups excluding carboxylic acids is 1. The van der Waals surface area contributed by atoms with Crippen LogP contribution < -0.4 is 10.3 Å². The van der Waals surface area contributed by atoms with Crippen LogP contribution >= 0.6 is 0 Å². The first-order valence-corrected chi connectivity index (χ1v) is 10.6. The Balaban J connectivity index is 1.58. The van der Waals surface area contributed by atoms with Crippen molar-refractivity contribution in [2.45, 2.75) is 17.7 Å². The van der Waals surface area contributed by atoms with Gasteiger partial charge in [-0.3, -0.25) is 9.59 Å². The first-order chi connectivity index (χ1) is 13.7. The van der Waals surface area contributed by atoms with E-state index >= 15 is 0 Å². The van der Waals surface area contributed by atoms with Crippen LogP contribution in [0, 0.1) is 17.6 Å². The van der Waals surface area contributed by atoms with E-state index in [1.54, 1.807) is 24.2 Å². The Labute approximate surface area is 167 Å². The molecule has 1 aliphatic rings. The first kappa shape index (κ1) is 21.1. The quantitative estimate of drug-likeness (QED) is 0.786. The molecule has 10 heteroatoms. The van der Waals surface area contributed by atoms with Crippen LogP contribution in [0.2, 0.25) is 0 Å². The van der Waals surface area contributed by atoms with Gasteiger partial charge >= 0.3 is 0 Å². The van der Waals surface area contributed by atoms with Crippen LogP contribution in [0.5, 0.6) is 0 Å². The third-order valence-electron chi connectivity index (χ3n) is 4.96. The number of pyridine rings is 1. The lowest BCUT2D eigenvalue weighted by atomic mass is 9.97. The van der Waals surface area contributed by atoms with E-state index in [0.29, 0.717) is 32.0 Å². The van der Waals surface area contributed by atoms with Crippen molar-refractivity contribution >= 4 is 15.9 Å². The van der Waals surface area contributed by atoms with Crippen molar-refractivity contribution in [1.29, 1.82) is 0 Å². The van der Waals surface area contributed by atoms with Crippen LogP contribution in [0.1, 0.15) is 23.2 Å². The first-order valence-electron chi connectivity index (χ1n) is 9.08. The molecule has 0 unspecified atom stereocenters. The number of halogens is 2. The number of piperidine rings is 1. The fraction of sp³-hybridized carbons (Fsp3) is 0.368. The van der Waals surface area contributed by atoms with Crippen LogP contribution in [-0.2, 0) is 17.1 Å². The summed E-state index contributed by atoms with van der Waals surface area (Å²) in [6.45, 7) is 0.866. The van der Waals surface area contributed by atoms with Crippen molar-refractivity contribution in [3.05, 3.63) is 64.1 Å². The van der Waals surface area contributed by atoms with E-state index in [1.807, 2.05) is 0 Å². The van der Waals surface area contributed by atoms with Crippen LogP contribution in [0.25, 0.3) is 0 Å². The highest BCUT2D eigenvalue weighted by Crippen LogP contribution is 2.19. The predicted molar refractivity (Wildman–Crippen MR) is 102 cm³/mol. The van der Waals surface area contributed by atoms with E-state index < -0.39 is 26.6 Å². The molecule has 7 nitrogen and oxygen atoms in total. The van der Waals surface area contributed by atoms with Gasteiger partial charge in [-0.15, -0.1) is 0 Å². The Hall–Kier alpha value is -2.59. The monoisotopic (exact) mass is 425 g/mol. The molecule has 1 aromatic carbocycles. The van der Waals surface area contributed by atoms with E-state index in [2.05, 4.69) is 4.72 Å². The second kappa shape index (κ2) is 8.42. The van der Waals surface area contributed by atoms with Gasteiger partial charge in [0.15, 0.2) is 0 Å². The number of sulfonamides is 1. The predicted octanol–water partition coefficient (Wildman–Crippen LogP) is 1.49. The summed E-state index contributed by atoms with van der Waals surface area (Å²) in [5.74, 6) is -2.32. The lowest BCUT2D eigenvalue weighted by Gasteiger charge is -2.32. The van der Waals surface area contributed by atoms with E-state index in [-0.39, 0.29) is 29.5 Å². The number of rotatable bonds is 5. The van der Waals surface area contributed by atoms with Crippen molar-refractivity contribution in [3.63, 3.8) is 0 Å². The minimum Gasteiger partial charge on any atom is -0.338 e. The molecule has 1 aliphatic heterocycles. The van der Waals surface area contributed by atoms with E-state index in [9.17, 15) is 26.8 Å². The van der Waals surface area contributed by atoms with Crippen molar-refractivity contribution in [2.24, 2.45) is 13.0 Å². The summed E-state index contributed by atoms with van der Waals surface area (Å²) in [7, 11) is -2.47. The molecule has 1 saturated heterocycles. The Morgan fingerprint density at radius 1 is 1.17 bits per heavy atom. The summed E-state index contributed by atoms with van der Waals surface area (Å²) in [5, 5.41) is 0. The Morgan fingerprint density at radius 3 is 2.41 bits per heavy atom. The fourth-order valence-corrected chi connectivity index (χ4v) is 4.42.